The third-order valence-electron chi connectivity index (χ3n) is 3.97. The summed E-state index contributed by atoms with van der Waals surface area (Å²) in [6.07, 6.45) is 1.38. The SMILES string of the molecule is COc1cc(C=C(C#N)C(=O)Nc2nc(-c3ccccc3)cs2)cc(OC)c1O. The molecule has 7 nitrogen and oxygen atoms in total. The highest BCUT2D eigenvalue weighted by Gasteiger charge is 2.15. The lowest BCUT2D eigenvalue weighted by Crippen LogP contribution is -2.13. The summed E-state index contributed by atoms with van der Waals surface area (Å²) in [7, 11) is 2.79. The van der Waals surface area contributed by atoms with Crippen LogP contribution in [0, 0.1) is 11.3 Å². The van der Waals surface area contributed by atoms with E-state index in [0.29, 0.717) is 10.7 Å². The van der Waals surface area contributed by atoms with Gasteiger partial charge in [0.1, 0.15) is 11.6 Å². The molecular formula is C21H17N3O4S. The smallest absolute Gasteiger partial charge is 0.268 e. The fourth-order valence-corrected chi connectivity index (χ4v) is 3.26. The average molecular weight is 407 g/mol. The number of hydrogen-bond acceptors (Lipinski definition) is 7. The molecule has 0 bridgehead atoms. The number of methoxy groups -OCH3 is 2. The van der Waals surface area contributed by atoms with E-state index >= 15 is 0 Å². The standard InChI is InChI=1S/C21H17N3O4S/c1-27-17-9-13(10-18(28-2)19(17)25)8-15(11-22)20(26)24-21-23-16(12-29-21)14-6-4-3-5-7-14/h3-10,12,25H,1-2H3,(H,23,24,26). The van der Waals surface area contributed by atoms with Gasteiger partial charge in [0.25, 0.3) is 5.91 Å². The number of aromatic nitrogens is 1. The quantitative estimate of drug-likeness (QED) is 0.471. The molecule has 2 N–H and O–H groups in total. The monoisotopic (exact) mass is 407 g/mol. The Morgan fingerprint density at radius 2 is 1.86 bits per heavy atom. The molecule has 0 radical (unpaired) electrons. The van der Waals surface area contributed by atoms with Gasteiger partial charge in [-0.1, -0.05) is 30.3 Å². The topological polar surface area (TPSA) is 104 Å². The Labute approximate surface area is 171 Å². The summed E-state index contributed by atoms with van der Waals surface area (Å²) >= 11 is 1.27. The summed E-state index contributed by atoms with van der Waals surface area (Å²) in [5.41, 5.74) is 2.01. The van der Waals surface area contributed by atoms with Gasteiger partial charge in [-0.2, -0.15) is 5.26 Å². The van der Waals surface area contributed by atoms with Gasteiger partial charge in [0, 0.05) is 10.9 Å². The van der Waals surface area contributed by atoms with Crippen LogP contribution in [-0.2, 0) is 4.79 Å². The van der Waals surface area contributed by atoms with E-state index in [-0.39, 0.29) is 22.8 Å². The molecule has 0 saturated heterocycles. The number of phenols is 1. The lowest BCUT2D eigenvalue weighted by atomic mass is 10.1. The molecule has 2 aromatic carbocycles. The predicted molar refractivity (Wildman–Crippen MR) is 111 cm³/mol. The molecule has 0 fully saturated rings. The van der Waals surface area contributed by atoms with E-state index in [9.17, 15) is 15.2 Å². The van der Waals surface area contributed by atoms with Crippen LogP contribution in [0.3, 0.4) is 0 Å². The minimum Gasteiger partial charge on any atom is -0.502 e. The number of anilines is 1. The molecule has 8 heteroatoms. The molecule has 0 aliphatic carbocycles. The highest BCUT2D eigenvalue weighted by Crippen LogP contribution is 2.37. The molecule has 0 spiro atoms. The predicted octanol–water partition coefficient (Wildman–Crippen LogP) is 4.08. The van der Waals surface area contributed by atoms with E-state index in [1.165, 1.54) is 43.8 Å². The molecule has 3 rings (SSSR count). The lowest BCUT2D eigenvalue weighted by Gasteiger charge is -2.09. The Balaban J connectivity index is 1.83. The highest BCUT2D eigenvalue weighted by atomic mass is 32.1. The number of rotatable bonds is 6. The summed E-state index contributed by atoms with van der Waals surface area (Å²) in [4.78, 5) is 16.9. The zero-order valence-corrected chi connectivity index (χ0v) is 16.5. The number of aromatic hydroxyl groups is 1. The second kappa shape index (κ2) is 8.91. The van der Waals surface area contributed by atoms with Crippen LogP contribution in [0.5, 0.6) is 17.2 Å². The number of hydrogen-bond donors (Lipinski definition) is 2. The van der Waals surface area contributed by atoms with Gasteiger partial charge >= 0.3 is 0 Å². The van der Waals surface area contributed by atoms with Crippen molar-refractivity contribution in [3.8, 4) is 34.6 Å². The second-order valence-corrected chi connectivity index (χ2v) is 6.66. The van der Waals surface area contributed by atoms with Crippen molar-refractivity contribution < 1.29 is 19.4 Å². The van der Waals surface area contributed by atoms with E-state index < -0.39 is 5.91 Å². The van der Waals surface area contributed by atoms with E-state index in [2.05, 4.69) is 10.3 Å². The molecule has 146 valence electrons. The highest BCUT2D eigenvalue weighted by molar-refractivity contribution is 7.14. The van der Waals surface area contributed by atoms with Crippen molar-refractivity contribution in [3.63, 3.8) is 0 Å². The fraction of sp³-hybridized carbons (Fsp3) is 0.0952. The first-order chi connectivity index (χ1) is 14.0. The van der Waals surface area contributed by atoms with Crippen LogP contribution < -0.4 is 14.8 Å². The minimum absolute atomic E-state index is 0.128. The number of phenolic OH excluding ortho intramolecular Hbond substituents is 1. The van der Waals surface area contributed by atoms with E-state index in [0.717, 1.165) is 11.3 Å². The van der Waals surface area contributed by atoms with Crippen LogP contribution in [-0.4, -0.2) is 30.2 Å². The van der Waals surface area contributed by atoms with Gasteiger partial charge in [-0.05, 0) is 23.8 Å². The van der Waals surface area contributed by atoms with Crippen LogP contribution in [0.4, 0.5) is 5.13 Å². The van der Waals surface area contributed by atoms with E-state index in [4.69, 9.17) is 9.47 Å². The maximum Gasteiger partial charge on any atom is 0.268 e. The lowest BCUT2D eigenvalue weighted by molar-refractivity contribution is -0.112. The van der Waals surface area contributed by atoms with E-state index in [1.54, 1.807) is 0 Å². The summed E-state index contributed by atoms with van der Waals surface area (Å²) in [5.74, 6) is -0.416. The van der Waals surface area contributed by atoms with Gasteiger partial charge in [0.2, 0.25) is 5.75 Å². The summed E-state index contributed by atoms with van der Waals surface area (Å²) in [6, 6.07) is 14.5. The van der Waals surface area contributed by atoms with Crippen molar-refractivity contribution in [3.05, 3.63) is 59.0 Å². The van der Waals surface area contributed by atoms with Gasteiger partial charge < -0.3 is 14.6 Å². The Morgan fingerprint density at radius 3 is 2.45 bits per heavy atom. The zero-order valence-electron chi connectivity index (χ0n) is 15.7. The van der Waals surface area contributed by atoms with Crippen LogP contribution in [0.15, 0.2) is 53.4 Å². The van der Waals surface area contributed by atoms with Crippen LogP contribution in [0.1, 0.15) is 5.56 Å². The number of nitrogens with zero attached hydrogens (tertiary/aromatic N) is 2. The van der Waals surface area contributed by atoms with Crippen molar-refractivity contribution in [1.82, 2.24) is 4.98 Å². The summed E-state index contributed by atoms with van der Waals surface area (Å²) in [6.45, 7) is 0. The first kappa shape index (κ1) is 19.9. The van der Waals surface area contributed by atoms with Gasteiger partial charge in [-0.25, -0.2) is 4.98 Å². The van der Waals surface area contributed by atoms with Crippen molar-refractivity contribution >= 4 is 28.5 Å². The number of benzene rings is 2. The number of carbonyl (C=O) groups excluding carboxylic acids is 1. The number of amides is 1. The fourth-order valence-electron chi connectivity index (χ4n) is 2.55. The Hall–Kier alpha value is -3.83. The van der Waals surface area contributed by atoms with Gasteiger partial charge in [0.15, 0.2) is 16.6 Å². The molecule has 3 aromatic rings. The Morgan fingerprint density at radius 1 is 1.21 bits per heavy atom. The van der Waals surface area contributed by atoms with Gasteiger partial charge in [-0.15, -0.1) is 11.3 Å². The third-order valence-corrected chi connectivity index (χ3v) is 4.73. The normalized spacial score (nSPS) is 10.9. The zero-order chi connectivity index (χ0) is 20.8. The average Bonchev–Trinajstić information content (AvgIpc) is 3.21. The number of nitriles is 1. The maximum absolute atomic E-state index is 12.5. The van der Waals surface area contributed by atoms with Gasteiger partial charge in [-0.3, -0.25) is 10.1 Å². The van der Waals surface area contributed by atoms with Crippen LogP contribution in [0.2, 0.25) is 0 Å². The number of thiazole rings is 1. The number of nitrogens with one attached hydrogen (secondary N) is 1. The van der Waals surface area contributed by atoms with E-state index in [1.807, 2.05) is 41.8 Å². The molecule has 29 heavy (non-hydrogen) atoms. The van der Waals surface area contributed by atoms with Gasteiger partial charge in [0.05, 0.1) is 19.9 Å². The van der Waals surface area contributed by atoms with Crippen molar-refractivity contribution in [2.45, 2.75) is 0 Å². The molecule has 0 aliphatic heterocycles. The number of carbonyl (C=O) groups is 1. The maximum atomic E-state index is 12.5. The molecule has 0 aliphatic rings. The summed E-state index contributed by atoms with van der Waals surface area (Å²) in [5, 5.41) is 24.3. The molecule has 1 heterocycles. The van der Waals surface area contributed by atoms with Crippen molar-refractivity contribution in [2.24, 2.45) is 0 Å². The largest absolute Gasteiger partial charge is 0.502 e. The van der Waals surface area contributed by atoms with Crippen LogP contribution in [0.25, 0.3) is 17.3 Å². The Bertz CT molecular complexity index is 1080. The van der Waals surface area contributed by atoms with Crippen molar-refractivity contribution in [2.75, 3.05) is 19.5 Å². The second-order valence-electron chi connectivity index (χ2n) is 5.80. The first-order valence-corrected chi connectivity index (χ1v) is 9.32. The Kier molecular flexibility index (Phi) is 6.12. The molecule has 1 aromatic heterocycles. The molecular weight excluding hydrogens is 390 g/mol. The number of ether oxygens (including phenoxy) is 2. The first-order valence-electron chi connectivity index (χ1n) is 8.44. The summed E-state index contributed by atoms with van der Waals surface area (Å²) < 4.78 is 10.2. The minimum atomic E-state index is -0.590. The van der Waals surface area contributed by atoms with Crippen LogP contribution >= 0.6 is 11.3 Å². The van der Waals surface area contributed by atoms with Crippen molar-refractivity contribution in [1.29, 1.82) is 5.26 Å². The molecule has 0 unspecified atom stereocenters. The third kappa shape index (κ3) is 4.54. The molecule has 1 amide bonds. The molecule has 0 atom stereocenters. The molecule has 0 saturated carbocycles.